The van der Waals surface area contributed by atoms with E-state index in [0.29, 0.717) is 16.2 Å². The van der Waals surface area contributed by atoms with E-state index in [1.807, 2.05) is 6.07 Å². The number of rotatable bonds is 1. The van der Waals surface area contributed by atoms with Crippen molar-refractivity contribution < 1.29 is 4.74 Å². The highest BCUT2D eigenvalue weighted by Gasteiger charge is 1.98. The summed E-state index contributed by atoms with van der Waals surface area (Å²) in [6.45, 7) is 0. The van der Waals surface area contributed by atoms with Crippen LogP contribution in [0.3, 0.4) is 0 Å². The van der Waals surface area contributed by atoms with Gasteiger partial charge in [0.05, 0.1) is 12.7 Å². The summed E-state index contributed by atoms with van der Waals surface area (Å²) in [4.78, 5) is 0.645. The quantitative estimate of drug-likeness (QED) is 0.644. The van der Waals surface area contributed by atoms with Gasteiger partial charge in [-0.1, -0.05) is 0 Å². The third-order valence-corrected chi connectivity index (χ3v) is 1.70. The zero-order valence-electron chi connectivity index (χ0n) is 6.03. The Labute approximate surface area is 70.8 Å². The Morgan fingerprint density at radius 1 is 1.55 bits per heavy atom. The van der Waals surface area contributed by atoms with E-state index in [9.17, 15) is 0 Å². The van der Waals surface area contributed by atoms with Crippen molar-refractivity contribution >= 4 is 12.6 Å². The van der Waals surface area contributed by atoms with Gasteiger partial charge in [-0.25, -0.2) is 0 Å². The number of methoxy groups -OCH3 is 1. The highest BCUT2D eigenvalue weighted by Crippen LogP contribution is 2.19. The fraction of sp³-hybridized carbons (Fsp3) is 0.125. The standard InChI is InChI=1S/C8H7NOS/c1-10-7-3-2-6(5-9)8(11)4-7/h2-4,11H,1H3. The van der Waals surface area contributed by atoms with E-state index in [4.69, 9.17) is 10.00 Å². The van der Waals surface area contributed by atoms with Crippen molar-refractivity contribution in [3.8, 4) is 11.8 Å². The summed E-state index contributed by atoms with van der Waals surface area (Å²) in [7, 11) is 1.58. The normalized spacial score (nSPS) is 8.82. The molecule has 0 radical (unpaired) electrons. The summed E-state index contributed by atoms with van der Waals surface area (Å²) >= 11 is 4.10. The predicted octanol–water partition coefficient (Wildman–Crippen LogP) is 1.86. The molecule has 0 aromatic heterocycles. The molecular weight excluding hydrogens is 158 g/mol. The van der Waals surface area contributed by atoms with Crippen LogP contribution in [-0.2, 0) is 0 Å². The lowest BCUT2D eigenvalue weighted by Gasteiger charge is -2.00. The maximum Gasteiger partial charge on any atom is 0.120 e. The lowest BCUT2D eigenvalue weighted by Crippen LogP contribution is -1.84. The summed E-state index contributed by atoms with van der Waals surface area (Å²) in [6, 6.07) is 7.14. The van der Waals surface area contributed by atoms with Crippen LogP contribution < -0.4 is 4.74 Å². The topological polar surface area (TPSA) is 33.0 Å². The van der Waals surface area contributed by atoms with Crippen LogP contribution in [0.4, 0.5) is 0 Å². The number of benzene rings is 1. The number of nitriles is 1. The Hall–Kier alpha value is -1.14. The summed E-state index contributed by atoms with van der Waals surface area (Å²) in [5.41, 5.74) is 0.564. The maximum atomic E-state index is 8.54. The molecule has 0 fully saturated rings. The van der Waals surface area contributed by atoms with Gasteiger partial charge in [-0.2, -0.15) is 5.26 Å². The van der Waals surface area contributed by atoms with Gasteiger partial charge in [0.2, 0.25) is 0 Å². The van der Waals surface area contributed by atoms with Crippen molar-refractivity contribution in [1.29, 1.82) is 5.26 Å². The van der Waals surface area contributed by atoms with E-state index in [1.54, 1.807) is 25.3 Å². The SMILES string of the molecule is COc1ccc(C#N)c(S)c1. The Morgan fingerprint density at radius 3 is 2.73 bits per heavy atom. The van der Waals surface area contributed by atoms with Gasteiger partial charge >= 0.3 is 0 Å². The number of hydrogen-bond acceptors (Lipinski definition) is 3. The van der Waals surface area contributed by atoms with Crippen LogP contribution in [0, 0.1) is 11.3 Å². The van der Waals surface area contributed by atoms with Crippen LogP contribution >= 0.6 is 12.6 Å². The molecule has 0 aliphatic carbocycles. The first-order chi connectivity index (χ1) is 5.27. The van der Waals surface area contributed by atoms with Crippen LogP contribution in [0.5, 0.6) is 5.75 Å². The summed E-state index contributed by atoms with van der Waals surface area (Å²) < 4.78 is 4.94. The molecule has 11 heavy (non-hydrogen) atoms. The molecule has 0 N–H and O–H groups in total. The predicted molar refractivity (Wildman–Crippen MR) is 45.0 cm³/mol. The minimum absolute atomic E-state index is 0.564. The van der Waals surface area contributed by atoms with Crippen LogP contribution in [-0.4, -0.2) is 7.11 Å². The molecular formula is C8H7NOS. The molecule has 1 aromatic carbocycles. The fourth-order valence-corrected chi connectivity index (χ4v) is 0.985. The lowest BCUT2D eigenvalue weighted by atomic mass is 10.2. The molecule has 0 unspecified atom stereocenters. The molecule has 0 atom stereocenters. The first kappa shape index (κ1) is 7.96. The summed E-state index contributed by atoms with van der Waals surface area (Å²) in [5, 5.41) is 8.54. The fourth-order valence-electron chi connectivity index (χ4n) is 0.733. The van der Waals surface area contributed by atoms with Crippen molar-refractivity contribution in [1.82, 2.24) is 0 Å². The van der Waals surface area contributed by atoms with Gasteiger partial charge in [0.15, 0.2) is 0 Å². The van der Waals surface area contributed by atoms with Crippen LogP contribution in [0.15, 0.2) is 23.1 Å². The highest BCUT2D eigenvalue weighted by atomic mass is 32.1. The molecule has 0 aliphatic rings. The lowest BCUT2D eigenvalue weighted by molar-refractivity contribution is 0.413. The van der Waals surface area contributed by atoms with Gasteiger partial charge in [0, 0.05) is 4.90 Å². The zero-order valence-corrected chi connectivity index (χ0v) is 6.93. The number of ether oxygens (including phenoxy) is 1. The molecule has 0 aliphatic heterocycles. The smallest absolute Gasteiger partial charge is 0.120 e. The van der Waals surface area contributed by atoms with Crippen molar-refractivity contribution in [3.05, 3.63) is 23.8 Å². The molecule has 1 rings (SSSR count). The Balaban J connectivity index is 3.12. The monoisotopic (exact) mass is 165 g/mol. The largest absolute Gasteiger partial charge is 0.497 e. The molecule has 0 saturated carbocycles. The molecule has 0 bridgehead atoms. The zero-order chi connectivity index (χ0) is 8.27. The van der Waals surface area contributed by atoms with Crippen LogP contribution in [0.25, 0.3) is 0 Å². The molecule has 0 saturated heterocycles. The number of hydrogen-bond donors (Lipinski definition) is 1. The molecule has 2 nitrogen and oxygen atoms in total. The summed E-state index contributed by atoms with van der Waals surface area (Å²) in [5.74, 6) is 0.717. The van der Waals surface area contributed by atoms with Crippen LogP contribution in [0.2, 0.25) is 0 Å². The van der Waals surface area contributed by atoms with E-state index in [-0.39, 0.29) is 0 Å². The molecule has 0 amide bonds. The first-order valence-electron chi connectivity index (χ1n) is 3.05. The average Bonchev–Trinajstić information content (AvgIpc) is 2.04. The Kier molecular flexibility index (Phi) is 2.40. The van der Waals surface area contributed by atoms with E-state index in [0.717, 1.165) is 0 Å². The number of nitrogens with zero attached hydrogens (tertiary/aromatic N) is 1. The molecule has 0 spiro atoms. The molecule has 1 aromatic rings. The van der Waals surface area contributed by atoms with Crippen molar-refractivity contribution in [2.24, 2.45) is 0 Å². The third-order valence-electron chi connectivity index (χ3n) is 1.33. The Morgan fingerprint density at radius 2 is 2.27 bits per heavy atom. The molecule has 56 valence electrons. The first-order valence-corrected chi connectivity index (χ1v) is 3.49. The van der Waals surface area contributed by atoms with E-state index in [2.05, 4.69) is 12.6 Å². The maximum absolute atomic E-state index is 8.54. The van der Waals surface area contributed by atoms with Gasteiger partial charge < -0.3 is 4.74 Å². The van der Waals surface area contributed by atoms with Crippen LogP contribution in [0.1, 0.15) is 5.56 Å². The minimum atomic E-state index is 0.564. The van der Waals surface area contributed by atoms with E-state index < -0.39 is 0 Å². The second-order valence-electron chi connectivity index (χ2n) is 1.99. The second kappa shape index (κ2) is 3.31. The average molecular weight is 165 g/mol. The van der Waals surface area contributed by atoms with E-state index in [1.165, 1.54) is 0 Å². The third kappa shape index (κ3) is 1.66. The van der Waals surface area contributed by atoms with Gasteiger partial charge in [0.1, 0.15) is 11.8 Å². The van der Waals surface area contributed by atoms with Gasteiger partial charge in [-0.15, -0.1) is 12.6 Å². The van der Waals surface area contributed by atoms with Crippen molar-refractivity contribution in [2.75, 3.05) is 7.11 Å². The van der Waals surface area contributed by atoms with Gasteiger partial charge in [-0.3, -0.25) is 0 Å². The number of thiol groups is 1. The van der Waals surface area contributed by atoms with Crippen molar-refractivity contribution in [2.45, 2.75) is 4.90 Å². The second-order valence-corrected chi connectivity index (χ2v) is 2.48. The minimum Gasteiger partial charge on any atom is -0.497 e. The van der Waals surface area contributed by atoms with Gasteiger partial charge in [-0.05, 0) is 18.2 Å². The summed E-state index contributed by atoms with van der Waals surface area (Å²) in [6.07, 6.45) is 0. The molecule has 0 heterocycles. The van der Waals surface area contributed by atoms with E-state index >= 15 is 0 Å². The van der Waals surface area contributed by atoms with Crippen molar-refractivity contribution in [3.63, 3.8) is 0 Å². The Bertz CT molecular complexity index is 303. The molecule has 3 heteroatoms. The van der Waals surface area contributed by atoms with Gasteiger partial charge in [0.25, 0.3) is 0 Å². The highest BCUT2D eigenvalue weighted by molar-refractivity contribution is 7.80.